The van der Waals surface area contributed by atoms with E-state index in [1.807, 2.05) is 0 Å². The van der Waals surface area contributed by atoms with Gasteiger partial charge in [0.15, 0.2) is 15.0 Å². The fourth-order valence-electron chi connectivity index (χ4n) is 5.35. The van der Waals surface area contributed by atoms with Crippen LogP contribution in [0.3, 0.4) is 0 Å². The van der Waals surface area contributed by atoms with Crippen molar-refractivity contribution in [2.24, 2.45) is 5.92 Å². The van der Waals surface area contributed by atoms with Crippen LogP contribution in [-0.2, 0) is 19.4 Å². The number of nitrogens with zero attached hydrogens (tertiary/aromatic N) is 2. The van der Waals surface area contributed by atoms with Gasteiger partial charge in [0.25, 0.3) is 5.56 Å². The van der Waals surface area contributed by atoms with Crippen molar-refractivity contribution in [2.75, 3.05) is 18.5 Å². The van der Waals surface area contributed by atoms with Crippen LogP contribution in [-0.4, -0.2) is 42.3 Å². The summed E-state index contributed by atoms with van der Waals surface area (Å²) in [6.45, 7) is 6.27. The molecule has 1 aliphatic carbocycles. The largest absolute Gasteiger partial charge is 0.381 e. The zero-order valence-electron chi connectivity index (χ0n) is 20.3. The minimum Gasteiger partial charge on any atom is -0.381 e. The van der Waals surface area contributed by atoms with Gasteiger partial charge in [0.05, 0.1) is 16.3 Å². The first-order valence-electron chi connectivity index (χ1n) is 12.1. The Balaban J connectivity index is 1.78. The fraction of sp³-hybridized carbons (Fsp3) is 0.625. The third-order valence-corrected chi connectivity index (χ3v) is 10.9. The first kappa shape index (κ1) is 26.3. The van der Waals surface area contributed by atoms with Gasteiger partial charge in [-0.3, -0.25) is 14.2 Å². The lowest BCUT2D eigenvalue weighted by Crippen LogP contribution is -2.39. The van der Waals surface area contributed by atoms with Gasteiger partial charge in [-0.1, -0.05) is 35.8 Å². The average molecular weight is 542 g/mol. The van der Waals surface area contributed by atoms with E-state index in [1.54, 1.807) is 20.8 Å². The van der Waals surface area contributed by atoms with Crippen LogP contribution < -0.4 is 10.9 Å². The van der Waals surface area contributed by atoms with Gasteiger partial charge in [-0.25, -0.2) is 13.4 Å². The number of hydrogen-bond donors (Lipinski definition) is 1. The van der Waals surface area contributed by atoms with E-state index in [1.165, 1.54) is 10.8 Å². The van der Waals surface area contributed by atoms with E-state index in [2.05, 4.69) is 10.3 Å². The van der Waals surface area contributed by atoms with E-state index in [0.717, 1.165) is 37.0 Å². The standard InChI is InChI=1S/C24H32ClN3O5S2/c1-14-16(3)28(23(30)15(2)21(14)35(31,32)18-6-4-5-7-18)19(12-17-8-10-33-11-9-17)22(29)27-24-26-13-20(25)34-24/h13,17-19H,4-12H2,1-3H3,(H,26,27,29)/t19-/m1/s1. The first-order valence-corrected chi connectivity index (χ1v) is 14.8. The quantitative estimate of drug-likeness (QED) is 0.549. The first-order chi connectivity index (χ1) is 16.6. The average Bonchev–Trinajstić information content (AvgIpc) is 3.50. The van der Waals surface area contributed by atoms with Crippen LogP contribution in [0.25, 0.3) is 0 Å². The number of amides is 1. The SMILES string of the molecule is Cc1c(S(=O)(=O)C2CCCC2)c(C)c(=O)n([C@H](CC2CCOCC2)C(=O)Nc2ncc(Cl)s2)c1C. The van der Waals surface area contributed by atoms with Crippen LogP contribution in [0.15, 0.2) is 15.9 Å². The molecule has 1 aliphatic heterocycles. The summed E-state index contributed by atoms with van der Waals surface area (Å²) in [6.07, 6.45) is 6.51. The number of aromatic nitrogens is 2. The number of anilines is 1. The molecule has 2 aliphatic rings. The van der Waals surface area contributed by atoms with Crippen molar-refractivity contribution in [3.63, 3.8) is 0 Å². The van der Waals surface area contributed by atoms with Crippen molar-refractivity contribution >= 4 is 43.8 Å². The highest BCUT2D eigenvalue weighted by Gasteiger charge is 2.36. The molecule has 1 atom stereocenters. The molecule has 8 nitrogen and oxygen atoms in total. The third kappa shape index (κ3) is 5.35. The Hall–Kier alpha value is -1.75. The lowest BCUT2D eigenvalue weighted by molar-refractivity contribution is -0.120. The number of thiazole rings is 1. The maximum absolute atomic E-state index is 13.7. The third-order valence-electron chi connectivity index (χ3n) is 7.37. The zero-order chi connectivity index (χ0) is 25.3. The molecular weight excluding hydrogens is 510 g/mol. The molecule has 0 spiro atoms. The highest BCUT2D eigenvalue weighted by Crippen LogP contribution is 2.35. The highest BCUT2D eigenvalue weighted by atomic mass is 35.5. The highest BCUT2D eigenvalue weighted by molar-refractivity contribution is 7.92. The summed E-state index contributed by atoms with van der Waals surface area (Å²) in [4.78, 5) is 31.5. The van der Waals surface area contributed by atoms with Crippen LogP contribution in [0.5, 0.6) is 0 Å². The van der Waals surface area contributed by atoms with Crippen molar-refractivity contribution in [3.05, 3.63) is 37.7 Å². The molecule has 3 heterocycles. The lowest BCUT2D eigenvalue weighted by Gasteiger charge is -2.29. The molecule has 0 unspecified atom stereocenters. The Morgan fingerprint density at radius 1 is 1.20 bits per heavy atom. The molecule has 1 amide bonds. The van der Waals surface area contributed by atoms with E-state index in [9.17, 15) is 18.0 Å². The molecule has 2 fully saturated rings. The van der Waals surface area contributed by atoms with E-state index in [0.29, 0.717) is 53.2 Å². The normalized spacial score (nSPS) is 18.6. The number of carbonyl (C=O) groups excluding carboxylic acids is 1. The van der Waals surface area contributed by atoms with Crippen molar-refractivity contribution in [1.29, 1.82) is 0 Å². The smallest absolute Gasteiger partial charge is 0.255 e. The molecule has 0 bridgehead atoms. The Morgan fingerprint density at radius 3 is 2.46 bits per heavy atom. The lowest BCUT2D eigenvalue weighted by atomic mass is 9.91. The molecule has 0 radical (unpaired) electrons. The van der Waals surface area contributed by atoms with Crippen molar-refractivity contribution < 1.29 is 17.9 Å². The zero-order valence-corrected chi connectivity index (χ0v) is 22.7. The topological polar surface area (TPSA) is 107 Å². The van der Waals surface area contributed by atoms with E-state index in [-0.39, 0.29) is 22.3 Å². The Bertz CT molecular complexity index is 1260. The second kappa shape index (κ2) is 10.7. The molecule has 192 valence electrons. The number of sulfone groups is 1. The molecule has 2 aromatic rings. The van der Waals surface area contributed by atoms with Crippen molar-refractivity contribution in [3.8, 4) is 0 Å². The molecule has 1 saturated carbocycles. The molecule has 1 N–H and O–H groups in total. The van der Waals surface area contributed by atoms with Crippen LogP contribution in [0.2, 0.25) is 4.34 Å². The maximum atomic E-state index is 13.7. The number of rotatable bonds is 7. The van der Waals surface area contributed by atoms with Crippen molar-refractivity contribution in [2.45, 2.75) is 81.9 Å². The maximum Gasteiger partial charge on any atom is 0.255 e. The molecule has 1 saturated heterocycles. The second-order valence-electron chi connectivity index (χ2n) is 9.56. The number of nitrogens with one attached hydrogen (secondary N) is 1. The predicted octanol–water partition coefficient (Wildman–Crippen LogP) is 4.60. The van der Waals surface area contributed by atoms with Crippen LogP contribution >= 0.6 is 22.9 Å². The number of carbonyl (C=O) groups is 1. The van der Waals surface area contributed by atoms with E-state index < -0.39 is 26.7 Å². The van der Waals surface area contributed by atoms with Gasteiger partial charge in [0, 0.05) is 24.5 Å². The Labute approximate surface area is 215 Å². The summed E-state index contributed by atoms with van der Waals surface area (Å²) in [7, 11) is -3.63. The molecular formula is C24H32ClN3O5S2. The van der Waals surface area contributed by atoms with Gasteiger partial charge < -0.3 is 10.1 Å². The molecule has 11 heteroatoms. The molecule has 2 aromatic heterocycles. The number of halogens is 1. The number of hydrogen-bond acceptors (Lipinski definition) is 7. The van der Waals surface area contributed by atoms with E-state index in [4.69, 9.17) is 16.3 Å². The summed E-state index contributed by atoms with van der Waals surface area (Å²) < 4.78 is 34.4. The summed E-state index contributed by atoms with van der Waals surface area (Å²) in [5, 5.41) is 2.71. The minimum absolute atomic E-state index is 0.139. The van der Waals surface area contributed by atoms with E-state index >= 15 is 0 Å². The van der Waals surface area contributed by atoms with Gasteiger partial charge in [0.1, 0.15) is 10.4 Å². The van der Waals surface area contributed by atoms with Crippen LogP contribution in [0.4, 0.5) is 5.13 Å². The van der Waals surface area contributed by atoms with Crippen LogP contribution in [0, 0.1) is 26.7 Å². The van der Waals surface area contributed by atoms with Crippen LogP contribution in [0.1, 0.15) is 67.8 Å². The van der Waals surface area contributed by atoms with Gasteiger partial charge in [-0.2, -0.15) is 0 Å². The van der Waals surface area contributed by atoms with Crippen molar-refractivity contribution in [1.82, 2.24) is 9.55 Å². The Morgan fingerprint density at radius 2 is 1.86 bits per heavy atom. The monoisotopic (exact) mass is 541 g/mol. The summed E-state index contributed by atoms with van der Waals surface area (Å²) in [5.41, 5.74) is 0.786. The Kier molecular flexibility index (Phi) is 8.05. The van der Waals surface area contributed by atoms with Gasteiger partial charge in [-0.15, -0.1) is 0 Å². The number of ether oxygens (including phenoxy) is 1. The predicted molar refractivity (Wildman–Crippen MR) is 137 cm³/mol. The molecule has 35 heavy (non-hydrogen) atoms. The molecule has 4 rings (SSSR count). The van der Waals surface area contributed by atoms with Gasteiger partial charge in [0.2, 0.25) is 5.91 Å². The minimum atomic E-state index is -3.63. The number of pyridine rings is 1. The summed E-state index contributed by atoms with van der Waals surface area (Å²) >= 11 is 7.13. The molecule has 0 aromatic carbocycles. The van der Waals surface area contributed by atoms with Gasteiger partial charge >= 0.3 is 0 Å². The summed E-state index contributed by atoms with van der Waals surface area (Å²) in [5.74, 6) is -0.161. The summed E-state index contributed by atoms with van der Waals surface area (Å²) in [6, 6.07) is -0.811. The van der Waals surface area contributed by atoms with Gasteiger partial charge in [-0.05, 0) is 64.4 Å². The fourth-order valence-corrected chi connectivity index (χ4v) is 8.54. The second-order valence-corrected chi connectivity index (χ2v) is 13.4.